The number of methoxy groups -OCH3 is 1. The highest BCUT2D eigenvalue weighted by Gasteiger charge is 2.06. The third-order valence-corrected chi connectivity index (χ3v) is 3.82. The Morgan fingerprint density at radius 2 is 1.94 bits per heavy atom. The van der Waals surface area contributed by atoms with Crippen molar-refractivity contribution < 1.29 is 4.74 Å². The molecule has 1 N–H and O–H groups in total. The summed E-state index contributed by atoms with van der Waals surface area (Å²) in [4.78, 5) is 1.31. The number of nitrogens with one attached hydrogen (secondary N) is 1. The van der Waals surface area contributed by atoms with Crippen molar-refractivity contribution in [3.63, 3.8) is 0 Å². The van der Waals surface area contributed by atoms with E-state index in [2.05, 4.69) is 31.3 Å². The van der Waals surface area contributed by atoms with Gasteiger partial charge < -0.3 is 10.1 Å². The van der Waals surface area contributed by atoms with Crippen LogP contribution in [0.5, 0.6) is 5.75 Å². The Balaban J connectivity index is 2.41. The maximum atomic E-state index is 5.15. The summed E-state index contributed by atoms with van der Waals surface area (Å²) in [5.74, 6) is 2.06. The van der Waals surface area contributed by atoms with Crippen LogP contribution in [-0.4, -0.2) is 25.4 Å². The van der Waals surface area contributed by atoms with Gasteiger partial charge >= 0.3 is 0 Å². The van der Waals surface area contributed by atoms with Crippen LogP contribution < -0.4 is 10.1 Å². The summed E-state index contributed by atoms with van der Waals surface area (Å²) >= 11 is 1.91. The Labute approximate surface area is 109 Å². The first kappa shape index (κ1) is 14.4. The van der Waals surface area contributed by atoms with Crippen molar-refractivity contribution in [1.29, 1.82) is 0 Å². The van der Waals surface area contributed by atoms with Crippen LogP contribution in [0.25, 0.3) is 0 Å². The molecule has 0 radical (unpaired) electrons. The molecule has 1 unspecified atom stereocenters. The predicted octanol–water partition coefficient (Wildman–Crippen LogP) is 3.57. The zero-order valence-electron chi connectivity index (χ0n) is 11.0. The molecular weight excluding hydrogens is 230 g/mol. The highest BCUT2D eigenvalue weighted by atomic mass is 32.2. The van der Waals surface area contributed by atoms with Crippen molar-refractivity contribution in [2.24, 2.45) is 0 Å². The quantitative estimate of drug-likeness (QED) is 0.716. The summed E-state index contributed by atoms with van der Waals surface area (Å²) in [6.07, 6.45) is 2.48. The van der Waals surface area contributed by atoms with Crippen LogP contribution in [0.3, 0.4) is 0 Å². The molecule has 0 heterocycles. The molecular formula is C14H23NOS. The van der Waals surface area contributed by atoms with Gasteiger partial charge in [-0.25, -0.2) is 0 Å². The van der Waals surface area contributed by atoms with Crippen molar-refractivity contribution in [3.8, 4) is 5.75 Å². The van der Waals surface area contributed by atoms with Gasteiger partial charge in [0.25, 0.3) is 0 Å². The van der Waals surface area contributed by atoms with E-state index in [1.165, 1.54) is 17.7 Å². The summed E-state index contributed by atoms with van der Waals surface area (Å²) in [5.41, 5.74) is 0. The fourth-order valence-electron chi connectivity index (χ4n) is 1.75. The third-order valence-electron chi connectivity index (χ3n) is 2.64. The van der Waals surface area contributed by atoms with Gasteiger partial charge in [-0.2, -0.15) is 0 Å². The van der Waals surface area contributed by atoms with Gasteiger partial charge in [-0.3, -0.25) is 0 Å². The first-order valence-electron chi connectivity index (χ1n) is 6.30. The molecule has 1 atom stereocenters. The first-order chi connectivity index (χ1) is 8.30. The van der Waals surface area contributed by atoms with Crippen LogP contribution in [0.1, 0.15) is 26.7 Å². The summed E-state index contributed by atoms with van der Waals surface area (Å²) in [5, 5.41) is 3.53. The van der Waals surface area contributed by atoms with E-state index in [9.17, 15) is 0 Å². The summed E-state index contributed by atoms with van der Waals surface area (Å²) in [6, 6.07) is 8.91. The van der Waals surface area contributed by atoms with Gasteiger partial charge in [-0.15, -0.1) is 11.8 Å². The van der Waals surface area contributed by atoms with Gasteiger partial charge in [0.15, 0.2) is 0 Å². The molecule has 0 spiro atoms. The summed E-state index contributed by atoms with van der Waals surface area (Å²) in [7, 11) is 1.70. The second kappa shape index (κ2) is 8.43. The minimum absolute atomic E-state index is 0.622. The van der Waals surface area contributed by atoms with Gasteiger partial charge in [-0.05, 0) is 37.2 Å². The Morgan fingerprint density at radius 1 is 1.24 bits per heavy atom. The Bertz CT molecular complexity index is 294. The summed E-state index contributed by atoms with van der Waals surface area (Å²) in [6.45, 7) is 5.46. The molecule has 0 amide bonds. The number of hydrogen-bond donors (Lipinski definition) is 1. The van der Waals surface area contributed by atoms with Gasteiger partial charge in [0.1, 0.15) is 5.75 Å². The first-order valence-corrected chi connectivity index (χ1v) is 7.29. The van der Waals surface area contributed by atoms with E-state index in [1.54, 1.807) is 7.11 Å². The van der Waals surface area contributed by atoms with Crippen LogP contribution in [0, 0.1) is 0 Å². The van der Waals surface area contributed by atoms with E-state index in [1.807, 2.05) is 23.9 Å². The van der Waals surface area contributed by atoms with Crippen molar-refractivity contribution in [2.45, 2.75) is 37.6 Å². The molecule has 0 aromatic heterocycles. The fourth-order valence-corrected chi connectivity index (χ4v) is 2.76. The number of ether oxygens (including phenoxy) is 1. The molecule has 0 aliphatic carbocycles. The lowest BCUT2D eigenvalue weighted by atomic mass is 10.2. The van der Waals surface area contributed by atoms with Crippen molar-refractivity contribution >= 4 is 11.8 Å². The second-order valence-corrected chi connectivity index (χ2v) is 5.12. The van der Waals surface area contributed by atoms with Crippen molar-refractivity contribution in [3.05, 3.63) is 24.3 Å². The van der Waals surface area contributed by atoms with E-state index in [0.29, 0.717) is 6.04 Å². The maximum absolute atomic E-state index is 5.15. The van der Waals surface area contributed by atoms with E-state index >= 15 is 0 Å². The van der Waals surface area contributed by atoms with Crippen LogP contribution in [0.2, 0.25) is 0 Å². The molecule has 0 bridgehead atoms. The van der Waals surface area contributed by atoms with Crippen LogP contribution in [0.4, 0.5) is 0 Å². The molecule has 0 aliphatic heterocycles. The zero-order chi connectivity index (χ0) is 12.5. The lowest BCUT2D eigenvalue weighted by Crippen LogP contribution is -2.30. The van der Waals surface area contributed by atoms with Crippen LogP contribution in [-0.2, 0) is 0 Å². The SMILES string of the molecule is CCCC(CSc1ccc(OC)cc1)NCC. The molecule has 3 heteroatoms. The predicted molar refractivity (Wildman–Crippen MR) is 76.1 cm³/mol. The van der Waals surface area contributed by atoms with E-state index in [0.717, 1.165) is 18.0 Å². The lowest BCUT2D eigenvalue weighted by molar-refractivity contribution is 0.414. The van der Waals surface area contributed by atoms with Gasteiger partial charge in [0.2, 0.25) is 0 Å². The fraction of sp³-hybridized carbons (Fsp3) is 0.571. The molecule has 17 heavy (non-hydrogen) atoms. The summed E-state index contributed by atoms with van der Waals surface area (Å²) < 4.78 is 5.15. The molecule has 1 aromatic carbocycles. The highest BCUT2D eigenvalue weighted by Crippen LogP contribution is 2.22. The van der Waals surface area contributed by atoms with Crippen molar-refractivity contribution in [2.75, 3.05) is 19.4 Å². The number of benzene rings is 1. The standard InChI is InChI=1S/C14H23NOS/c1-4-6-12(15-5-2)11-17-14-9-7-13(16-3)8-10-14/h7-10,12,15H,4-6,11H2,1-3H3. The van der Waals surface area contributed by atoms with Crippen molar-refractivity contribution in [1.82, 2.24) is 5.32 Å². The Morgan fingerprint density at radius 3 is 2.47 bits per heavy atom. The van der Waals surface area contributed by atoms with Crippen LogP contribution in [0.15, 0.2) is 29.2 Å². The number of hydrogen-bond acceptors (Lipinski definition) is 3. The molecule has 0 saturated heterocycles. The molecule has 2 nitrogen and oxygen atoms in total. The van der Waals surface area contributed by atoms with E-state index < -0.39 is 0 Å². The topological polar surface area (TPSA) is 21.3 Å². The zero-order valence-corrected chi connectivity index (χ0v) is 11.8. The maximum Gasteiger partial charge on any atom is 0.118 e. The van der Waals surface area contributed by atoms with Gasteiger partial charge in [0.05, 0.1) is 7.11 Å². The molecule has 1 rings (SSSR count). The van der Waals surface area contributed by atoms with E-state index in [4.69, 9.17) is 4.74 Å². The number of rotatable bonds is 8. The minimum Gasteiger partial charge on any atom is -0.497 e. The molecule has 0 aliphatic rings. The Hall–Kier alpha value is -0.670. The lowest BCUT2D eigenvalue weighted by Gasteiger charge is -2.16. The van der Waals surface area contributed by atoms with Gasteiger partial charge in [0, 0.05) is 16.7 Å². The normalized spacial score (nSPS) is 12.4. The molecule has 0 fully saturated rings. The average molecular weight is 253 g/mol. The number of thioether (sulfide) groups is 1. The average Bonchev–Trinajstić information content (AvgIpc) is 2.37. The smallest absolute Gasteiger partial charge is 0.118 e. The minimum atomic E-state index is 0.622. The van der Waals surface area contributed by atoms with Gasteiger partial charge in [-0.1, -0.05) is 20.3 Å². The largest absolute Gasteiger partial charge is 0.497 e. The molecule has 0 saturated carbocycles. The van der Waals surface area contributed by atoms with E-state index in [-0.39, 0.29) is 0 Å². The monoisotopic (exact) mass is 253 g/mol. The third kappa shape index (κ3) is 5.46. The second-order valence-electron chi connectivity index (χ2n) is 4.03. The van der Waals surface area contributed by atoms with Crippen LogP contribution >= 0.6 is 11.8 Å². The highest BCUT2D eigenvalue weighted by molar-refractivity contribution is 7.99. The molecule has 96 valence electrons. The Kier molecular flexibility index (Phi) is 7.13. The molecule has 1 aromatic rings.